The Hall–Kier alpha value is -12.4. The predicted molar refractivity (Wildman–Crippen MR) is 514 cm³/mol. The summed E-state index contributed by atoms with van der Waals surface area (Å²) in [6, 6.07) is 97.4. The molecule has 1 aromatic heterocycles. The van der Waals surface area contributed by atoms with E-state index in [0.717, 1.165) is 128 Å². The molecule has 0 saturated carbocycles. The zero-order chi connectivity index (χ0) is 90.8. The number of nitrogens with zero attached hydrogens (tertiary/aromatic N) is 4. The second-order valence-corrected chi connectivity index (χ2v) is 38.9. The van der Waals surface area contributed by atoms with Gasteiger partial charge in [-0.2, -0.15) is 0 Å². The number of aromatic nitrogens is 1. The van der Waals surface area contributed by atoms with Gasteiger partial charge in [-0.25, -0.2) is 0 Å². The molecule has 0 amide bonds. The van der Waals surface area contributed by atoms with E-state index >= 15 is 0 Å². The molecule has 5 heteroatoms. The molecular formula is C114H109BN4. The number of hydrogen-bond donors (Lipinski definition) is 0. The van der Waals surface area contributed by atoms with Crippen molar-refractivity contribution >= 4 is 96.1 Å². The van der Waals surface area contributed by atoms with Crippen molar-refractivity contribution in [2.45, 2.75) is 157 Å². The van der Waals surface area contributed by atoms with E-state index in [4.69, 9.17) is 4.11 Å². The highest BCUT2D eigenvalue weighted by molar-refractivity contribution is 7.00. The van der Waals surface area contributed by atoms with Crippen LogP contribution in [-0.2, 0) is 32.5 Å². The van der Waals surface area contributed by atoms with Gasteiger partial charge >= 0.3 is 0 Å². The predicted octanol–water partition coefficient (Wildman–Crippen LogP) is 30.1. The van der Waals surface area contributed by atoms with E-state index in [0.29, 0.717) is 28.0 Å². The molecule has 0 fully saturated rings. The van der Waals surface area contributed by atoms with Crippen molar-refractivity contribution in [3.8, 4) is 72.4 Å². The van der Waals surface area contributed by atoms with Crippen molar-refractivity contribution in [2.75, 3.05) is 14.7 Å². The van der Waals surface area contributed by atoms with Gasteiger partial charge in [0.05, 0.1) is 40.4 Å². The smallest absolute Gasteiger partial charge is 0.252 e. The van der Waals surface area contributed by atoms with Crippen LogP contribution < -0.4 is 31.1 Å². The third-order valence-electron chi connectivity index (χ3n) is 24.4. The van der Waals surface area contributed by atoms with Gasteiger partial charge < -0.3 is 19.3 Å². The van der Waals surface area contributed by atoms with Crippen LogP contribution in [0.4, 0.5) is 51.2 Å². The molecule has 3 heterocycles. The van der Waals surface area contributed by atoms with E-state index in [1.807, 2.05) is 53.1 Å². The quantitative estimate of drug-likeness (QED) is 0.113. The lowest BCUT2D eigenvalue weighted by molar-refractivity contribution is 0.568. The first-order valence-corrected chi connectivity index (χ1v) is 42.0. The number of para-hydroxylation sites is 3. The number of benzene rings is 15. The molecule has 0 atom stereocenters. The average molecular weight is 1560 g/mol. The Labute approximate surface area is 719 Å². The Morgan fingerprint density at radius 3 is 0.992 bits per heavy atom. The third-order valence-corrected chi connectivity index (χ3v) is 24.4. The molecule has 2 aliphatic rings. The Kier molecular flexibility index (Phi) is 16.6. The van der Waals surface area contributed by atoms with Gasteiger partial charge in [-0.15, -0.1) is 0 Å². The van der Waals surface area contributed by atoms with Crippen LogP contribution in [0.15, 0.2) is 333 Å². The molecule has 2 aliphatic heterocycles. The Balaban J connectivity index is 1.09. The van der Waals surface area contributed by atoms with E-state index in [9.17, 15) is 8.22 Å². The molecule has 0 aliphatic carbocycles. The van der Waals surface area contributed by atoms with Crippen LogP contribution >= 0.6 is 0 Å². The minimum atomic E-state index is -0.531. The fraction of sp³-hybridized carbons (Fsp3) is 0.211. The van der Waals surface area contributed by atoms with Crippen molar-refractivity contribution in [1.82, 2.24) is 4.57 Å². The summed E-state index contributed by atoms with van der Waals surface area (Å²) in [4.78, 5) is 6.79. The highest BCUT2D eigenvalue weighted by Crippen LogP contribution is 2.57. The normalized spacial score (nSPS) is 14.1. The van der Waals surface area contributed by atoms with Crippen molar-refractivity contribution in [1.29, 1.82) is 0 Å². The van der Waals surface area contributed by atoms with Crippen LogP contribution in [0, 0.1) is 0 Å². The second-order valence-electron chi connectivity index (χ2n) is 38.9. The maximum atomic E-state index is 10.7. The van der Waals surface area contributed by atoms with Gasteiger partial charge in [0, 0.05) is 72.8 Å². The molecule has 0 N–H and O–H groups in total. The lowest BCUT2D eigenvalue weighted by atomic mass is 9.33. The average Bonchev–Trinajstić information content (AvgIpc) is 1.01. The van der Waals surface area contributed by atoms with E-state index in [-0.39, 0.29) is 61.2 Å². The molecule has 15 aromatic carbocycles. The summed E-state index contributed by atoms with van der Waals surface area (Å²) in [5.74, 6) is 0. The van der Waals surface area contributed by atoms with Crippen molar-refractivity contribution < 1.29 is 12.3 Å². The maximum Gasteiger partial charge on any atom is 0.252 e. The van der Waals surface area contributed by atoms with Gasteiger partial charge in [0.15, 0.2) is 0 Å². The first-order valence-electron chi connectivity index (χ1n) is 46.5. The summed E-state index contributed by atoms with van der Waals surface area (Å²) >= 11 is 0. The van der Waals surface area contributed by atoms with Gasteiger partial charge in [-0.3, -0.25) is 0 Å². The van der Waals surface area contributed by atoms with Crippen molar-refractivity contribution in [2.24, 2.45) is 0 Å². The molecule has 119 heavy (non-hydrogen) atoms. The third kappa shape index (κ3) is 14.3. The van der Waals surface area contributed by atoms with Crippen LogP contribution in [0.3, 0.4) is 0 Å². The molecular weight excluding hydrogens is 1440 g/mol. The molecule has 0 unspecified atom stereocenters. The summed E-state index contributed by atoms with van der Waals surface area (Å²) in [6.45, 7) is 40.8. The summed E-state index contributed by atoms with van der Waals surface area (Å²) in [5.41, 5.74) is 28.5. The fourth-order valence-electron chi connectivity index (χ4n) is 17.7. The summed E-state index contributed by atoms with van der Waals surface area (Å²) in [5, 5.41) is 0.668. The Morgan fingerprint density at radius 1 is 0.261 bits per heavy atom. The zero-order valence-corrected chi connectivity index (χ0v) is 71.9. The second kappa shape index (κ2) is 29.3. The van der Waals surface area contributed by atoms with E-state index in [1.165, 1.54) is 22.3 Å². The number of rotatable bonds is 12. The van der Waals surface area contributed by atoms with Gasteiger partial charge in [-0.1, -0.05) is 361 Å². The van der Waals surface area contributed by atoms with E-state index in [2.05, 4.69) is 365 Å². The highest BCUT2D eigenvalue weighted by Gasteiger charge is 2.47. The molecule has 18 rings (SSSR count). The standard InChI is InChI=1S/C114H109BN4/c1-109(2,3)82-59-80(60-83(65-82)110(4,5)6)78-53-56-98-102(63-78)118(107-93(74-39-25-19-26-40-74)67-86(113(13,14)15)68-94(107)75-41-27-20-28-42-75)104-72-91(117-100-52-38-37-51-92(100)97-71-90(55-58-101(97)117)116(88-47-33-23-34-48-88)89-49-35-24-36-50-89)73-105-106(104)115(98)99-57-54-79(81-61-84(111(7,8)9)66-85(62-81)112(10,11)12)64-103(99)119(105)108-95(76-43-29-21-30-44-76)69-87(114(16,17)18)70-96(108)77-45-31-22-32-46-77/h19-73H,1-18H3/i23D,33D,34D,37D,38D,47D,48D,51D,52D. The lowest BCUT2D eigenvalue weighted by Crippen LogP contribution is -2.61. The van der Waals surface area contributed by atoms with Crippen molar-refractivity contribution in [3.05, 3.63) is 367 Å². The topological polar surface area (TPSA) is 14.7 Å². The molecule has 4 nitrogen and oxygen atoms in total. The first-order chi connectivity index (χ1) is 60.5. The minimum absolute atomic E-state index is 0.0868. The molecule has 588 valence electrons. The van der Waals surface area contributed by atoms with E-state index < -0.39 is 49.0 Å². The number of fused-ring (bicyclic) bond motifs is 7. The van der Waals surface area contributed by atoms with Gasteiger partial charge in [-0.05, 0) is 224 Å². The fourth-order valence-corrected chi connectivity index (χ4v) is 17.7. The van der Waals surface area contributed by atoms with Gasteiger partial charge in [0.2, 0.25) is 0 Å². The summed E-state index contributed by atoms with van der Waals surface area (Å²) in [6.07, 6.45) is 0. The van der Waals surface area contributed by atoms with Crippen LogP contribution in [-0.4, -0.2) is 11.3 Å². The largest absolute Gasteiger partial charge is 0.310 e. The molecule has 16 aromatic rings. The molecule has 0 saturated heterocycles. The first kappa shape index (κ1) is 67.6. The highest BCUT2D eigenvalue weighted by atomic mass is 15.2. The van der Waals surface area contributed by atoms with Crippen molar-refractivity contribution in [3.63, 3.8) is 0 Å². The number of anilines is 9. The van der Waals surface area contributed by atoms with Crippen LogP contribution in [0.25, 0.3) is 94.3 Å². The SMILES string of the molecule is [2H]c1c([2H])c([2H])c(N(c2ccccc2)c2ccc3c(c2)c2c([2H])c([2H])c([2H])c([2H])c2n3-c2cc3c4c(c2)N(c2c(-c5ccccc5)cc(C(C)(C)C)cc2-c2ccccc2)c2cc(-c5cc(C(C)(C)C)cc(C(C)(C)C)c5)ccc2B4c2ccc(-c4cc(C(C)(C)C)cc(C(C)(C)C)c4)cc2N3c2c(-c3ccccc3)cc(C(C)(C)C)cc2-c2ccccc2)c([2H])c1[2H]. The zero-order valence-electron chi connectivity index (χ0n) is 80.9. The Morgan fingerprint density at radius 2 is 0.613 bits per heavy atom. The molecule has 0 spiro atoms. The molecule has 0 radical (unpaired) electrons. The van der Waals surface area contributed by atoms with Gasteiger partial charge in [0.1, 0.15) is 0 Å². The van der Waals surface area contributed by atoms with Crippen LogP contribution in [0.1, 0.15) is 170 Å². The monoisotopic (exact) mass is 1550 g/mol. The summed E-state index contributed by atoms with van der Waals surface area (Å²) in [7, 11) is 0. The van der Waals surface area contributed by atoms with E-state index in [1.54, 1.807) is 4.90 Å². The number of hydrogen-bond acceptors (Lipinski definition) is 3. The van der Waals surface area contributed by atoms with Crippen LogP contribution in [0.5, 0.6) is 0 Å². The Bertz CT molecular complexity index is 6650. The molecule has 0 bridgehead atoms. The van der Waals surface area contributed by atoms with Gasteiger partial charge in [0.25, 0.3) is 6.71 Å². The minimum Gasteiger partial charge on any atom is -0.310 e. The van der Waals surface area contributed by atoms with Crippen LogP contribution in [0.2, 0.25) is 0 Å². The lowest BCUT2D eigenvalue weighted by Gasteiger charge is -2.46. The summed E-state index contributed by atoms with van der Waals surface area (Å²) < 4.78 is 89.0. The maximum absolute atomic E-state index is 10.7.